The standard InChI is InChI=1S/C17H23N3O4S4/c1-4-7-8-25-16-19-20-17(28-16)26-9-10-11(14(21)23-5-2)13(18)27-12(10)15(22)24-6-3/h4-9,18H2,1-3H3. The van der Waals surface area contributed by atoms with E-state index in [2.05, 4.69) is 17.1 Å². The van der Waals surface area contributed by atoms with Crippen LogP contribution in [0.3, 0.4) is 0 Å². The molecule has 11 heteroatoms. The second-order valence-corrected chi connectivity index (χ2v) is 10.0. The first kappa shape index (κ1) is 23.0. The number of nitrogens with two attached hydrogens (primary N) is 1. The van der Waals surface area contributed by atoms with Gasteiger partial charge in [0.2, 0.25) is 0 Å². The summed E-state index contributed by atoms with van der Waals surface area (Å²) in [5, 5.41) is 8.63. The van der Waals surface area contributed by atoms with Gasteiger partial charge in [-0.25, -0.2) is 9.59 Å². The Morgan fingerprint density at radius 2 is 1.64 bits per heavy atom. The molecule has 0 spiro atoms. The molecule has 0 bridgehead atoms. The summed E-state index contributed by atoms with van der Waals surface area (Å²) in [6.45, 7) is 6.07. The Labute approximate surface area is 180 Å². The van der Waals surface area contributed by atoms with Crippen LogP contribution < -0.4 is 5.73 Å². The molecule has 0 aliphatic heterocycles. The largest absolute Gasteiger partial charge is 0.462 e. The van der Waals surface area contributed by atoms with E-state index in [4.69, 9.17) is 15.2 Å². The van der Waals surface area contributed by atoms with Crippen LogP contribution in [0.5, 0.6) is 0 Å². The van der Waals surface area contributed by atoms with Gasteiger partial charge in [0.05, 0.1) is 18.8 Å². The van der Waals surface area contributed by atoms with Crippen LogP contribution in [0, 0.1) is 0 Å². The maximum atomic E-state index is 12.4. The van der Waals surface area contributed by atoms with Gasteiger partial charge in [-0.3, -0.25) is 0 Å². The minimum atomic E-state index is -0.532. The van der Waals surface area contributed by atoms with Gasteiger partial charge in [-0.05, 0) is 20.3 Å². The molecule has 0 saturated heterocycles. The molecule has 154 valence electrons. The van der Waals surface area contributed by atoms with Crippen molar-refractivity contribution in [1.82, 2.24) is 10.2 Å². The van der Waals surface area contributed by atoms with Gasteiger partial charge in [0.1, 0.15) is 9.88 Å². The van der Waals surface area contributed by atoms with E-state index in [1.54, 1.807) is 25.6 Å². The van der Waals surface area contributed by atoms with Crippen LogP contribution in [0.1, 0.15) is 59.2 Å². The van der Waals surface area contributed by atoms with Gasteiger partial charge in [-0.1, -0.05) is 48.2 Å². The van der Waals surface area contributed by atoms with Crippen LogP contribution in [0.15, 0.2) is 8.68 Å². The third-order valence-electron chi connectivity index (χ3n) is 3.43. The first-order chi connectivity index (χ1) is 13.5. The number of hydrogen-bond donors (Lipinski definition) is 1. The molecule has 0 fully saturated rings. The van der Waals surface area contributed by atoms with Crippen LogP contribution in [0.4, 0.5) is 5.00 Å². The SMILES string of the molecule is CCCCSc1nnc(SCc2c(C(=O)OCC)sc(N)c2C(=O)OCC)s1. The summed E-state index contributed by atoms with van der Waals surface area (Å²) in [5.74, 6) is 0.343. The van der Waals surface area contributed by atoms with Crippen molar-refractivity contribution in [3.8, 4) is 0 Å². The summed E-state index contributed by atoms with van der Waals surface area (Å²) in [6.07, 6.45) is 2.27. The number of hydrogen-bond acceptors (Lipinski definition) is 11. The van der Waals surface area contributed by atoms with E-state index in [0.29, 0.717) is 16.2 Å². The zero-order chi connectivity index (χ0) is 20.5. The molecule has 0 aromatic carbocycles. The fourth-order valence-corrected chi connectivity index (χ4v) is 6.43. The molecule has 0 radical (unpaired) electrons. The third kappa shape index (κ3) is 6.10. The number of unbranched alkanes of at least 4 members (excludes halogenated alkanes) is 1. The maximum absolute atomic E-state index is 12.4. The summed E-state index contributed by atoms with van der Waals surface area (Å²) in [4.78, 5) is 25.0. The number of nitrogens with zero attached hydrogens (tertiary/aromatic N) is 2. The maximum Gasteiger partial charge on any atom is 0.348 e. The number of esters is 2. The Kier molecular flexibility index (Phi) is 9.56. The molecule has 0 aliphatic carbocycles. The van der Waals surface area contributed by atoms with E-state index in [9.17, 15) is 9.59 Å². The van der Waals surface area contributed by atoms with Crippen LogP contribution in [-0.2, 0) is 15.2 Å². The zero-order valence-corrected chi connectivity index (χ0v) is 19.2. The van der Waals surface area contributed by atoms with Crippen LogP contribution in [-0.4, -0.2) is 41.1 Å². The smallest absolute Gasteiger partial charge is 0.348 e. The predicted octanol–water partition coefficient (Wildman–Crippen LogP) is 4.72. The molecule has 0 atom stereocenters. The summed E-state index contributed by atoms with van der Waals surface area (Å²) in [5.41, 5.74) is 6.79. The van der Waals surface area contributed by atoms with E-state index in [1.807, 2.05) is 0 Å². The third-order valence-corrected chi connectivity index (χ3v) is 7.77. The average molecular weight is 462 g/mol. The molecule has 0 unspecified atom stereocenters. The number of thiophene rings is 1. The van der Waals surface area contributed by atoms with E-state index in [1.165, 1.54) is 23.1 Å². The van der Waals surface area contributed by atoms with Crippen molar-refractivity contribution in [3.05, 3.63) is 16.0 Å². The molecule has 28 heavy (non-hydrogen) atoms. The predicted molar refractivity (Wildman–Crippen MR) is 116 cm³/mol. The highest BCUT2D eigenvalue weighted by atomic mass is 32.2. The number of carbonyl (C=O) groups excluding carboxylic acids is 2. The molecule has 7 nitrogen and oxygen atoms in total. The zero-order valence-electron chi connectivity index (χ0n) is 16.0. The number of rotatable bonds is 11. The first-order valence-electron chi connectivity index (χ1n) is 8.86. The van der Waals surface area contributed by atoms with Crippen molar-refractivity contribution in [3.63, 3.8) is 0 Å². The Hall–Kier alpha value is -1.30. The van der Waals surface area contributed by atoms with E-state index < -0.39 is 11.9 Å². The molecule has 2 heterocycles. The molecular formula is C17H23N3O4S4. The van der Waals surface area contributed by atoms with Gasteiger partial charge < -0.3 is 15.2 Å². The minimum absolute atomic E-state index is 0.226. The highest BCUT2D eigenvalue weighted by molar-refractivity contribution is 8.02. The number of aromatic nitrogens is 2. The van der Waals surface area contributed by atoms with Gasteiger partial charge in [-0.15, -0.1) is 21.5 Å². The number of nitrogen functional groups attached to an aromatic ring is 1. The fraction of sp³-hybridized carbons (Fsp3) is 0.529. The average Bonchev–Trinajstić information content (AvgIpc) is 3.24. The lowest BCUT2D eigenvalue weighted by molar-refractivity contribution is 0.0527. The monoisotopic (exact) mass is 461 g/mol. The van der Waals surface area contributed by atoms with Crippen LogP contribution in [0.2, 0.25) is 0 Å². The fourth-order valence-electron chi connectivity index (χ4n) is 2.16. The van der Waals surface area contributed by atoms with Gasteiger partial charge in [0.15, 0.2) is 8.68 Å². The molecule has 2 rings (SSSR count). The summed E-state index contributed by atoms with van der Waals surface area (Å²) >= 11 is 5.65. The first-order valence-corrected chi connectivity index (χ1v) is 12.5. The van der Waals surface area contributed by atoms with E-state index in [-0.39, 0.29) is 23.8 Å². The van der Waals surface area contributed by atoms with Crippen LogP contribution >= 0.6 is 46.2 Å². The van der Waals surface area contributed by atoms with Gasteiger partial charge in [0, 0.05) is 17.1 Å². The van der Waals surface area contributed by atoms with Crippen LogP contribution in [0.25, 0.3) is 0 Å². The number of carbonyl (C=O) groups is 2. The van der Waals surface area contributed by atoms with Gasteiger partial charge >= 0.3 is 11.9 Å². The molecular weight excluding hydrogens is 438 g/mol. The van der Waals surface area contributed by atoms with Crippen molar-refractivity contribution in [2.24, 2.45) is 0 Å². The quantitative estimate of drug-likeness (QED) is 0.289. The van der Waals surface area contributed by atoms with Gasteiger partial charge in [-0.2, -0.15) is 0 Å². The molecule has 2 aromatic heterocycles. The second kappa shape index (κ2) is 11.6. The number of anilines is 1. The molecule has 0 amide bonds. The minimum Gasteiger partial charge on any atom is -0.462 e. The van der Waals surface area contributed by atoms with Crippen molar-refractivity contribution in [2.75, 3.05) is 24.7 Å². The lowest BCUT2D eigenvalue weighted by atomic mass is 10.1. The number of ether oxygens (including phenoxy) is 2. The van der Waals surface area contributed by atoms with Gasteiger partial charge in [0.25, 0.3) is 0 Å². The van der Waals surface area contributed by atoms with E-state index >= 15 is 0 Å². The highest BCUT2D eigenvalue weighted by Crippen LogP contribution is 2.38. The van der Waals surface area contributed by atoms with Crippen molar-refractivity contribution < 1.29 is 19.1 Å². The Bertz CT molecular complexity index is 806. The summed E-state index contributed by atoms with van der Waals surface area (Å²) < 4.78 is 11.9. The summed E-state index contributed by atoms with van der Waals surface area (Å²) in [7, 11) is 0. The topological polar surface area (TPSA) is 104 Å². The van der Waals surface area contributed by atoms with Crippen molar-refractivity contribution in [1.29, 1.82) is 0 Å². The lowest BCUT2D eigenvalue weighted by Crippen LogP contribution is -2.10. The normalized spacial score (nSPS) is 10.8. The Balaban J connectivity index is 2.20. The Morgan fingerprint density at radius 3 is 2.29 bits per heavy atom. The van der Waals surface area contributed by atoms with E-state index in [0.717, 1.165) is 38.6 Å². The molecule has 2 N–H and O–H groups in total. The van der Waals surface area contributed by atoms with Crippen molar-refractivity contribution in [2.45, 2.75) is 48.0 Å². The van der Waals surface area contributed by atoms with Crippen molar-refractivity contribution >= 4 is 63.1 Å². The molecule has 0 aliphatic rings. The second-order valence-electron chi connectivity index (χ2n) is 5.41. The summed E-state index contributed by atoms with van der Waals surface area (Å²) in [6, 6.07) is 0. The number of thioether (sulfide) groups is 2. The molecule has 2 aromatic rings. The molecule has 0 saturated carbocycles. The Morgan fingerprint density at radius 1 is 1.00 bits per heavy atom. The highest BCUT2D eigenvalue weighted by Gasteiger charge is 2.28. The lowest BCUT2D eigenvalue weighted by Gasteiger charge is -2.06.